The number of sulfonamides is 1. The molecule has 0 unspecified atom stereocenters. The summed E-state index contributed by atoms with van der Waals surface area (Å²) in [5.41, 5.74) is 2.18. The van der Waals surface area contributed by atoms with E-state index in [2.05, 4.69) is 19.9 Å². The second-order valence-electron chi connectivity index (χ2n) is 5.93. The van der Waals surface area contributed by atoms with Gasteiger partial charge in [0.05, 0.1) is 23.6 Å². The number of pyridine rings is 1. The van der Waals surface area contributed by atoms with Crippen LogP contribution in [0, 0.1) is 6.92 Å². The van der Waals surface area contributed by atoms with E-state index in [9.17, 15) is 8.42 Å². The minimum Gasteiger partial charge on any atom is -0.277 e. The quantitative estimate of drug-likeness (QED) is 0.596. The van der Waals surface area contributed by atoms with E-state index in [0.717, 1.165) is 10.9 Å². The summed E-state index contributed by atoms with van der Waals surface area (Å²) in [4.78, 5) is 4.28. The Bertz CT molecular complexity index is 1190. The third-order valence-electron chi connectivity index (χ3n) is 3.98. The van der Waals surface area contributed by atoms with Gasteiger partial charge in [-0.3, -0.25) is 9.40 Å². The van der Waals surface area contributed by atoms with Crippen molar-refractivity contribution in [2.24, 2.45) is 7.05 Å². The van der Waals surface area contributed by atoms with Crippen molar-refractivity contribution in [3.63, 3.8) is 0 Å². The summed E-state index contributed by atoms with van der Waals surface area (Å²) in [7, 11) is -2.01. The number of hydrogen-bond donors (Lipinski definition) is 1. The molecule has 0 saturated carbocycles. The molecule has 0 atom stereocenters. The van der Waals surface area contributed by atoms with Gasteiger partial charge in [0.15, 0.2) is 5.82 Å². The molecule has 4 rings (SSSR count). The molecule has 4 aromatic rings. The van der Waals surface area contributed by atoms with Gasteiger partial charge in [-0.25, -0.2) is 18.1 Å². The normalized spacial score (nSPS) is 11.8. The Morgan fingerprint density at radius 3 is 2.58 bits per heavy atom. The van der Waals surface area contributed by atoms with Crippen LogP contribution in [0.3, 0.4) is 0 Å². The maximum Gasteiger partial charge on any atom is 0.263 e. The summed E-state index contributed by atoms with van der Waals surface area (Å²) in [5, 5.41) is 9.19. The number of anilines is 1. The van der Waals surface area contributed by atoms with E-state index in [1.54, 1.807) is 47.0 Å². The molecule has 0 aliphatic carbocycles. The number of fused-ring (bicyclic) bond motifs is 1. The number of nitrogens with zero attached hydrogens (tertiary/aromatic N) is 5. The summed E-state index contributed by atoms with van der Waals surface area (Å²) in [6.07, 6.45) is 6.54. The Hall–Kier alpha value is -3.20. The van der Waals surface area contributed by atoms with Crippen LogP contribution in [0.25, 0.3) is 16.7 Å². The summed E-state index contributed by atoms with van der Waals surface area (Å²) >= 11 is 0. The fourth-order valence-corrected chi connectivity index (χ4v) is 3.74. The topological polar surface area (TPSA) is 94.7 Å². The number of aromatic nitrogens is 5. The van der Waals surface area contributed by atoms with Gasteiger partial charge in [0, 0.05) is 24.8 Å². The van der Waals surface area contributed by atoms with Crippen molar-refractivity contribution < 1.29 is 8.42 Å². The fraction of sp³-hybridized carbons (Fsp3) is 0.118. The van der Waals surface area contributed by atoms with E-state index in [-0.39, 0.29) is 4.90 Å². The molecule has 0 amide bonds. The number of rotatable bonds is 4. The molecule has 132 valence electrons. The van der Waals surface area contributed by atoms with Crippen LogP contribution in [-0.2, 0) is 17.1 Å². The minimum atomic E-state index is -3.78. The van der Waals surface area contributed by atoms with E-state index in [1.165, 1.54) is 12.3 Å². The van der Waals surface area contributed by atoms with Gasteiger partial charge in [0.1, 0.15) is 4.90 Å². The van der Waals surface area contributed by atoms with Crippen LogP contribution in [0.15, 0.2) is 60.0 Å². The van der Waals surface area contributed by atoms with Gasteiger partial charge in [-0.2, -0.15) is 10.2 Å². The Balaban J connectivity index is 1.67. The van der Waals surface area contributed by atoms with Crippen LogP contribution in [0.2, 0.25) is 0 Å². The maximum atomic E-state index is 12.7. The molecule has 0 bridgehead atoms. The summed E-state index contributed by atoms with van der Waals surface area (Å²) in [6, 6.07) is 8.48. The van der Waals surface area contributed by atoms with E-state index in [1.807, 2.05) is 19.2 Å². The number of benzene rings is 1. The van der Waals surface area contributed by atoms with E-state index in [0.29, 0.717) is 17.0 Å². The predicted octanol–water partition coefficient (Wildman–Crippen LogP) is 2.26. The SMILES string of the molecule is Cc1cnn(-c2ccc(S(=O)(=O)Nc3cccc4cnn(C)c34)cn2)c1. The molecule has 26 heavy (non-hydrogen) atoms. The van der Waals surface area contributed by atoms with Gasteiger partial charge in [-0.1, -0.05) is 12.1 Å². The highest BCUT2D eigenvalue weighted by Gasteiger charge is 2.17. The van der Waals surface area contributed by atoms with Crippen molar-refractivity contribution in [1.29, 1.82) is 0 Å². The van der Waals surface area contributed by atoms with Gasteiger partial charge in [-0.15, -0.1) is 0 Å². The van der Waals surface area contributed by atoms with Crippen LogP contribution < -0.4 is 4.72 Å². The first-order valence-electron chi connectivity index (χ1n) is 7.85. The largest absolute Gasteiger partial charge is 0.277 e. The first kappa shape index (κ1) is 16.3. The van der Waals surface area contributed by atoms with Gasteiger partial charge in [-0.05, 0) is 30.7 Å². The molecule has 0 aliphatic heterocycles. The van der Waals surface area contributed by atoms with Crippen molar-refractivity contribution in [2.75, 3.05) is 4.72 Å². The van der Waals surface area contributed by atoms with Crippen LogP contribution in [0.5, 0.6) is 0 Å². The van der Waals surface area contributed by atoms with Crippen molar-refractivity contribution in [3.05, 3.63) is 60.7 Å². The van der Waals surface area contributed by atoms with Crippen molar-refractivity contribution >= 4 is 26.6 Å². The molecule has 0 radical (unpaired) electrons. The molecule has 1 aromatic carbocycles. The highest BCUT2D eigenvalue weighted by atomic mass is 32.2. The predicted molar refractivity (Wildman–Crippen MR) is 97.6 cm³/mol. The van der Waals surface area contributed by atoms with Crippen molar-refractivity contribution in [3.8, 4) is 5.82 Å². The number of para-hydroxylation sites is 1. The molecular formula is C17H16N6O2S. The van der Waals surface area contributed by atoms with E-state index >= 15 is 0 Å². The van der Waals surface area contributed by atoms with Crippen LogP contribution in [0.4, 0.5) is 5.69 Å². The van der Waals surface area contributed by atoms with E-state index in [4.69, 9.17) is 0 Å². The van der Waals surface area contributed by atoms with Crippen LogP contribution in [0.1, 0.15) is 5.56 Å². The van der Waals surface area contributed by atoms with Gasteiger partial charge in [0.25, 0.3) is 10.0 Å². The van der Waals surface area contributed by atoms with Crippen LogP contribution >= 0.6 is 0 Å². The third kappa shape index (κ3) is 2.82. The zero-order valence-electron chi connectivity index (χ0n) is 14.2. The molecule has 0 fully saturated rings. The average Bonchev–Trinajstić information content (AvgIpc) is 3.22. The lowest BCUT2D eigenvalue weighted by Crippen LogP contribution is -2.14. The Kier molecular flexibility index (Phi) is 3.73. The van der Waals surface area contributed by atoms with Crippen molar-refractivity contribution in [2.45, 2.75) is 11.8 Å². The highest BCUT2D eigenvalue weighted by Crippen LogP contribution is 2.25. The molecular weight excluding hydrogens is 352 g/mol. The molecule has 0 saturated heterocycles. The standard InChI is InChI=1S/C17H16N6O2S/c1-12-8-20-23(11-12)16-7-6-14(10-18-16)26(24,25)21-15-5-3-4-13-9-19-22(2)17(13)15/h3-11,21H,1-2H3. The zero-order valence-corrected chi connectivity index (χ0v) is 15.0. The zero-order chi connectivity index (χ0) is 18.3. The molecule has 3 aromatic heterocycles. The number of aryl methyl sites for hydroxylation is 2. The Labute approximate surface area is 150 Å². The van der Waals surface area contributed by atoms with Crippen molar-refractivity contribution in [1.82, 2.24) is 24.5 Å². The summed E-state index contributed by atoms with van der Waals surface area (Å²) < 4.78 is 31.3. The van der Waals surface area contributed by atoms with E-state index < -0.39 is 10.0 Å². The summed E-state index contributed by atoms with van der Waals surface area (Å²) in [5.74, 6) is 0.547. The molecule has 3 heterocycles. The second-order valence-corrected chi connectivity index (χ2v) is 7.61. The first-order chi connectivity index (χ1) is 12.4. The lowest BCUT2D eigenvalue weighted by molar-refractivity contribution is 0.600. The lowest BCUT2D eigenvalue weighted by atomic mass is 10.2. The molecule has 1 N–H and O–H groups in total. The monoisotopic (exact) mass is 368 g/mol. The highest BCUT2D eigenvalue weighted by molar-refractivity contribution is 7.92. The van der Waals surface area contributed by atoms with Crippen LogP contribution in [-0.4, -0.2) is 33.0 Å². The average molecular weight is 368 g/mol. The molecule has 0 aliphatic rings. The smallest absolute Gasteiger partial charge is 0.263 e. The lowest BCUT2D eigenvalue weighted by Gasteiger charge is -2.10. The summed E-state index contributed by atoms with van der Waals surface area (Å²) in [6.45, 7) is 1.92. The Morgan fingerprint density at radius 1 is 1.04 bits per heavy atom. The van der Waals surface area contributed by atoms with Gasteiger partial charge in [0.2, 0.25) is 0 Å². The van der Waals surface area contributed by atoms with Gasteiger partial charge >= 0.3 is 0 Å². The second kappa shape index (κ2) is 5.95. The number of hydrogen-bond acceptors (Lipinski definition) is 5. The molecule has 8 nitrogen and oxygen atoms in total. The number of nitrogens with one attached hydrogen (secondary N) is 1. The maximum absolute atomic E-state index is 12.7. The minimum absolute atomic E-state index is 0.0734. The third-order valence-corrected chi connectivity index (χ3v) is 5.33. The fourth-order valence-electron chi connectivity index (χ4n) is 2.72. The first-order valence-corrected chi connectivity index (χ1v) is 9.33. The molecule has 9 heteroatoms. The Morgan fingerprint density at radius 2 is 1.88 bits per heavy atom. The molecule has 0 spiro atoms. The van der Waals surface area contributed by atoms with Gasteiger partial charge < -0.3 is 0 Å².